The fourth-order valence-electron chi connectivity index (χ4n) is 2.50. The summed E-state index contributed by atoms with van der Waals surface area (Å²) in [6.45, 7) is 6.04. The van der Waals surface area contributed by atoms with E-state index in [0.717, 1.165) is 28.7 Å². The van der Waals surface area contributed by atoms with E-state index in [0.29, 0.717) is 19.7 Å². The molecule has 6 nitrogen and oxygen atoms in total. The highest BCUT2D eigenvalue weighted by Crippen LogP contribution is 2.20. The molecule has 26 heavy (non-hydrogen) atoms. The second-order valence-electron chi connectivity index (χ2n) is 6.24. The minimum atomic E-state index is 0.647. The van der Waals surface area contributed by atoms with Gasteiger partial charge >= 0.3 is 0 Å². The molecule has 0 amide bonds. The van der Waals surface area contributed by atoms with Crippen LogP contribution in [0.15, 0.2) is 41.5 Å². The van der Waals surface area contributed by atoms with Gasteiger partial charge in [-0.05, 0) is 43.2 Å². The Bertz CT molecular complexity index is 743. The summed E-state index contributed by atoms with van der Waals surface area (Å²) in [6, 6.07) is 10.3. The zero-order valence-electron chi connectivity index (χ0n) is 16.3. The summed E-state index contributed by atoms with van der Waals surface area (Å²) < 4.78 is 5.74. The summed E-state index contributed by atoms with van der Waals surface area (Å²) in [5, 5.41) is 6.68. The maximum absolute atomic E-state index is 5.74. The zero-order chi connectivity index (χ0) is 18.9. The summed E-state index contributed by atoms with van der Waals surface area (Å²) in [5.74, 6) is 2.60. The maximum atomic E-state index is 5.74. The number of hydrogen-bond donors (Lipinski definition) is 2. The van der Waals surface area contributed by atoms with Crippen molar-refractivity contribution in [1.29, 1.82) is 0 Å². The van der Waals surface area contributed by atoms with Crippen molar-refractivity contribution >= 4 is 11.8 Å². The van der Waals surface area contributed by atoms with E-state index in [-0.39, 0.29) is 0 Å². The molecule has 1 heterocycles. The lowest BCUT2D eigenvalue weighted by molar-refractivity contribution is 0.336. The zero-order valence-corrected chi connectivity index (χ0v) is 16.3. The SMILES string of the molecule is CCOc1cc(C)ccc1CNC(=NC)NCc1ccnc(N(C)C)c1. The van der Waals surface area contributed by atoms with Gasteiger partial charge in [0.2, 0.25) is 0 Å². The van der Waals surface area contributed by atoms with Crippen molar-refractivity contribution in [2.24, 2.45) is 4.99 Å². The molecule has 6 heteroatoms. The molecule has 0 bridgehead atoms. The summed E-state index contributed by atoms with van der Waals surface area (Å²) in [7, 11) is 5.74. The number of guanidine groups is 1. The Hall–Kier alpha value is -2.76. The Labute approximate surface area is 156 Å². The van der Waals surface area contributed by atoms with Crippen molar-refractivity contribution in [2.45, 2.75) is 26.9 Å². The van der Waals surface area contributed by atoms with Crippen LogP contribution in [0.25, 0.3) is 0 Å². The van der Waals surface area contributed by atoms with Gasteiger partial charge in [0.05, 0.1) is 6.61 Å². The van der Waals surface area contributed by atoms with Crippen LogP contribution in [0.1, 0.15) is 23.6 Å². The van der Waals surface area contributed by atoms with Crippen LogP contribution >= 0.6 is 0 Å². The monoisotopic (exact) mass is 355 g/mol. The number of nitrogens with one attached hydrogen (secondary N) is 2. The van der Waals surface area contributed by atoms with Gasteiger partial charge in [0.25, 0.3) is 0 Å². The fraction of sp³-hybridized carbons (Fsp3) is 0.400. The molecule has 0 radical (unpaired) electrons. The second-order valence-corrected chi connectivity index (χ2v) is 6.24. The standard InChI is InChI=1S/C20H29N5O/c1-6-26-18-11-15(2)7-8-17(18)14-24-20(21-3)23-13-16-9-10-22-19(12-16)25(4)5/h7-12H,6,13-14H2,1-5H3,(H2,21,23,24). The third kappa shape index (κ3) is 5.65. The molecule has 2 N–H and O–H groups in total. The molecule has 140 valence electrons. The van der Waals surface area contributed by atoms with Crippen LogP contribution in [-0.4, -0.2) is 38.7 Å². The summed E-state index contributed by atoms with van der Waals surface area (Å²) in [4.78, 5) is 10.6. The number of pyridine rings is 1. The molecule has 0 aliphatic carbocycles. The quantitative estimate of drug-likeness (QED) is 0.591. The molecule has 0 unspecified atom stereocenters. The molecule has 0 aliphatic rings. The van der Waals surface area contributed by atoms with E-state index in [1.54, 1.807) is 7.05 Å². The van der Waals surface area contributed by atoms with Gasteiger partial charge in [-0.15, -0.1) is 0 Å². The Balaban J connectivity index is 1.95. The predicted molar refractivity (Wildman–Crippen MR) is 108 cm³/mol. The van der Waals surface area contributed by atoms with Crippen molar-refractivity contribution in [2.75, 3.05) is 32.6 Å². The number of hydrogen-bond acceptors (Lipinski definition) is 4. The second kappa shape index (κ2) is 9.65. The number of aromatic nitrogens is 1. The molecule has 1 aromatic heterocycles. The highest BCUT2D eigenvalue weighted by atomic mass is 16.5. The van der Waals surface area contributed by atoms with Gasteiger partial charge < -0.3 is 20.3 Å². The molecule has 0 saturated heterocycles. The van der Waals surface area contributed by atoms with E-state index < -0.39 is 0 Å². The Morgan fingerprint density at radius 2 is 1.92 bits per heavy atom. The van der Waals surface area contributed by atoms with Gasteiger partial charge in [-0.1, -0.05) is 12.1 Å². The average molecular weight is 355 g/mol. The average Bonchev–Trinajstić information content (AvgIpc) is 2.63. The molecule has 0 fully saturated rings. The molecule has 2 rings (SSSR count). The number of aliphatic imine (C=N–C) groups is 1. The third-order valence-electron chi connectivity index (χ3n) is 3.92. The minimum Gasteiger partial charge on any atom is -0.494 e. The Morgan fingerprint density at radius 3 is 2.62 bits per heavy atom. The lowest BCUT2D eigenvalue weighted by Crippen LogP contribution is -2.36. The van der Waals surface area contributed by atoms with E-state index in [4.69, 9.17) is 4.74 Å². The van der Waals surface area contributed by atoms with E-state index in [2.05, 4.69) is 51.8 Å². The Kier molecular flexibility index (Phi) is 7.26. The van der Waals surface area contributed by atoms with Crippen molar-refractivity contribution in [3.05, 3.63) is 53.2 Å². The van der Waals surface area contributed by atoms with Gasteiger partial charge in [0, 0.05) is 46.0 Å². The lowest BCUT2D eigenvalue weighted by atomic mass is 10.1. The van der Waals surface area contributed by atoms with Crippen molar-refractivity contribution in [3.8, 4) is 5.75 Å². The first-order chi connectivity index (χ1) is 12.5. The van der Waals surface area contributed by atoms with E-state index in [9.17, 15) is 0 Å². The molecular formula is C20H29N5O. The highest BCUT2D eigenvalue weighted by molar-refractivity contribution is 5.79. The maximum Gasteiger partial charge on any atom is 0.191 e. The van der Waals surface area contributed by atoms with Gasteiger partial charge in [0.1, 0.15) is 11.6 Å². The molecule has 0 atom stereocenters. The largest absolute Gasteiger partial charge is 0.494 e. The van der Waals surface area contributed by atoms with Gasteiger partial charge in [0.15, 0.2) is 5.96 Å². The smallest absolute Gasteiger partial charge is 0.191 e. The van der Waals surface area contributed by atoms with E-state index in [1.165, 1.54) is 5.56 Å². The van der Waals surface area contributed by atoms with Gasteiger partial charge in [-0.3, -0.25) is 4.99 Å². The summed E-state index contributed by atoms with van der Waals surface area (Å²) >= 11 is 0. The van der Waals surface area contributed by atoms with Crippen molar-refractivity contribution < 1.29 is 4.74 Å². The van der Waals surface area contributed by atoms with Crippen LogP contribution in [0.2, 0.25) is 0 Å². The number of benzene rings is 1. The third-order valence-corrected chi connectivity index (χ3v) is 3.92. The van der Waals surface area contributed by atoms with E-state index in [1.807, 2.05) is 38.2 Å². The molecular weight excluding hydrogens is 326 g/mol. The fourth-order valence-corrected chi connectivity index (χ4v) is 2.50. The van der Waals surface area contributed by atoms with Crippen LogP contribution in [0.4, 0.5) is 5.82 Å². The summed E-state index contributed by atoms with van der Waals surface area (Å²) in [5.41, 5.74) is 3.45. The van der Waals surface area contributed by atoms with Crippen LogP contribution in [0.5, 0.6) is 5.75 Å². The van der Waals surface area contributed by atoms with Crippen LogP contribution in [0, 0.1) is 6.92 Å². The first kappa shape index (κ1) is 19.6. The molecule has 1 aromatic carbocycles. The number of rotatable bonds is 7. The predicted octanol–water partition coefficient (Wildman–Crippen LogP) is 2.72. The minimum absolute atomic E-state index is 0.647. The number of anilines is 1. The van der Waals surface area contributed by atoms with E-state index >= 15 is 0 Å². The lowest BCUT2D eigenvalue weighted by Gasteiger charge is -2.16. The van der Waals surface area contributed by atoms with Crippen LogP contribution < -0.4 is 20.3 Å². The van der Waals surface area contributed by atoms with Crippen LogP contribution in [-0.2, 0) is 13.1 Å². The number of nitrogens with zero attached hydrogens (tertiary/aromatic N) is 3. The summed E-state index contributed by atoms with van der Waals surface area (Å²) in [6.07, 6.45) is 1.82. The van der Waals surface area contributed by atoms with Crippen molar-refractivity contribution in [3.63, 3.8) is 0 Å². The van der Waals surface area contributed by atoms with Crippen LogP contribution in [0.3, 0.4) is 0 Å². The molecule has 0 aliphatic heterocycles. The number of ether oxygens (including phenoxy) is 1. The van der Waals surface area contributed by atoms with Crippen molar-refractivity contribution in [1.82, 2.24) is 15.6 Å². The van der Waals surface area contributed by atoms with Gasteiger partial charge in [-0.2, -0.15) is 0 Å². The molecule has 0 spiro atoms. The first-order valence-electron chi connectivity index (χ1n) is 8.82. The first-order valence-corrected chi connectivity index (χ1v) is 8.82. The topological polar surface area (TPSA) is 61.8 Å². The molecule has 2 aromatic rings. The molecule has 0 saturated carbocycles. The highest BCUT2D eigenvalue weighted by Gasteiger charge is 2.06. The number of aryl methyl sites for hydroxylation is 1. The normalized spacial score (nSPS) is 11.2. The van der Waals surface area contributed by atoms with Gasteiger partial charge in [-0.25, -0.2) is 4.98 Å². The Morgan fingerprint density at radius 1 is 1.15 bits per heavy atom.